The van der Waals surface area contributed by atoms with Crippen LogP contribution >= 0.6 is 0 Å². The number of urea groups is 1. The van der Waals surface area contributed by atoms with Crippen molar-refractivity contribution in [1.82, 2.24) is 30.3 Å². The maximum Gasteiger partial charge on any atom is 0.328 e. The molecule has 2 aromatic heterocycles. The number of imide groups is 1. The summed E-state index contributed by atoms with van der Waals surface area (Å²) in [5.74, 6) is 0.00814. The Hall–Kier alpha value is -5.54. The zero-order valence-electron chi connectivity index (χ0n) is 28.9. The zero-order chi connectivity index (χ0) is 35.9. The fourth-order valence-electron chi connectivity index (χ4n) is 6.26. The molecule has 2 aliphatic heterocycles. The van der Waals surface area contributed by atoms with Gasteiger partial charge in [-0.2, -0.15) is 5.10 Å². The molecule has 0 atom stereocenters. The molecular formula is C36H42N8O7. The summed E-state index contributed by atoms with van der Waals surface area (Å²) in [6.07, 6.45) is 4.05. The lowest BCUT2D eigenvalue weighted by atomic mass is 10.1. The maximum atomic E-state index is 12.8. The van der Waals surface area contributed by atoms with E-state index in [0.29, 0.717) is 53.9 Å². The highest BCUT2D eigenvalue weighted by atomic mass is 16.5. The number of hydrogen-bond donors (Lipinski definition) is 3. The predicted octanol–water partition coefficient (Wildman–Crippen LogP) is 3.54. The number of nitrogens with zero attached hydrogens (tertiary/aromatic N) is 5. The van der Waals surface area contributed by atoms with Crippen molar-refractivity contribution >= 4 is 46.0 Å². The SMILES string of the molecule is COc1cc2nn(C3CCN(CCOCCNC(=O)c4ccc(OC)c(N5CCC(=O)NC5=O)c4)CC3)cc2cc1NC(=O)c1cccc(C)n1. The molecule has 0 radical (unpaired) electrons. The van der Waals surface area contributed by atoms with Crippen LogP contribution < -0.4 is 30.3 Å². The largest absolute Gasteiger partial charge is 0.495 e. The number of ether oxygens (including phenoxy) is 3. The maximum absolute atomic E-state index is 12.8. The molecule has 2 fully saturated rings. The number of nitrogens with one attached hydrogen (secondary N) is 3. The van der Waals surface area contributed by atoms with Crippen LogP contribution in [0.2, 0.25) is 0 Å². The third-order valence-electron chi connectivity index (χ3n) is 9.01. The van der Waals surface area contributed by atoms with Gasteiger partial charge in [-0.05, 0) is 56.2 Å². The van der Waals surface area contributed by atoms with Crippen LogP contribution in [0.5, 0.6) is 11.5 Å². The van der Waals surface area contributed by atoms with Crippen LogP contribution in [0.1, 0.15) is 51.8 Å². The van der Waals surface area contributed by atoms with Crippen molar-refractivity contribution in [3.05, 3.63) is 71.7 Å². The lowest BCUT2D eigenvalue weighted by Gasteiger charge is -2.31. The van der Waals surface area contributed by atoms with E-state index < -0.39 is 6.03 Å². The first-order valence-electron chi connectivity index (χ1n) is 16.9. The number of carbonyl (C=O) groups is 4. The number of fused-ring (bicyclic) bond motifs is 1. The van der Waals surface area contributed by atoms with Gasteiger partial charge < -0.3 is 29.7 Å². The van der Waals surface area contributed by atoms with Gasteiger partial charge in [-0.15, -0.1) is 0 Å². The highest BCUT2D eigenvalue weighted by Crippen LogP contribution is 2.33. The Morgan fingerprint density at radius 2 is 1.76 bits per heavy atom. The quantitative estimate of drug-likeness (QED) is 0.176. The number of amides is 5. The number of likely N-dealkylation sites (tertiary alicyclic amines) is 1. The number of piperidine rings is 1. The zero-order valence-corrected chi connectivity index (χ0v) is 28.9. The molecule has 15 nitrogen and oxygen atoms in total. The molecular weight excluding hydrogens is 656 g/mol. The van der Waals surface area contributed by atoms with E-state index in [2.05, 4.69) is 25.8 Å². The number of aromatic nitrogens is 3. The molecule has 0 unspecified atom stereocenters. The summed E-state index contributed by atoms with van der Waals surface area (Å²) in [6, 6.07) is 13.6. The fraction of sp³-hybridized carbons (Fsp3) is 0.389. The van der Waals surface area contributed by atoms with Crippen LogP contribution in [0, 0.1) is 6.92 Å². The molecule has 268 valence electrons. The summed E-state index contributed by atoms with van der Waals surface area (Å²) in [4.78, 5) is 57.7. The van der Waals surface area contributed by atoms with Crippen LogP contribution in [-0.2, 0) is 9.53 Å². The molecule has 0 spiro atoms. The third kappa shape index (κ3) is 8.44. The standard InChI is InChI=1S/C36H42N8O7/c1-23-5-4-6-27(38-23)35(47)39-29-19-25-22-44(41-28(25)21-32(29)50-3)26-9-13-42(14-10-26)16-18-51-17-12-37-34(46)24-7-8-31(49-2)30(20-24)43-15-11-33(45)40-36(43)48/h4-8,19-22,26H,9-18H2,1-3H3,(H,37,46)(H,39,47)(H,40,45,48). The van der Waals surface area contributed by atoms with Gasteiger partial charge in [-0.1, -0.05) is 6.07 Å². The second-order valence-electron chi connectivity index (χ2n) is 12.4. The number of pyridine rings is 1. The molecule has 6 rings (SSSR count). The molecule has 15 heteroatoms. The second kappa shape index (κ2) is 16.0. The van der Waals surface area contributed by atoms with E-state index in [1.807, 2.05) is 36.0 Å². The van der Waals surface area contributed by atoms with E-state index in [-0.39, 0.29) is 36.7 Å². The lowest BCUT2D eigenvalue weighted by molar-refractivity contribution is -0.120. The number of rotatable bonds is 13. The Labute approximate surface area is 295 Å². The van der Waals surface area contributed by atoms with Crippen LogP contribution in [0.3, 0.4) is 0 Å². The molecule has 51 heavy (non-hydrogen) atoms. The topological polar surface area (TPSA) is 169 Å². The van der Waals surface area contributed by atoms with Gasteiger partial charge in [0.05, 0.1) is 50.4 Å². The van der Waals surface area contributed by atoms with Gasteiger partial charge in [0.1, 0.15) is 17.2 Å². The van der Waals surface area contributed by atoms with Gasteiger partial charge in [0.25, 0.3) is 11.8 Å². The smallest absolute Gasteiger partial charge is 0.328 e. The van der Waals surface area contributed by atoms with Crippen molar-refractivity contribution in [1.29, 1.82) is 0 Å². The van der Waals surface area contributed by atoms with Crippen molar-refractivity contribution in [2.45, 2.75) is 32.2 Å². The third-order valence-corrected chi connectivity index (χ3v) is 9.01. The van der Waals surface area contributed by atoms with E-state index >= 15 is 0 Å². The van der Waals surface area contributed by atoms with Crippen LogP contribution in [0.15, 0.2) is 54.7 Å². The molecule has 4 heterocycles. The normalized spacial score (nSPS) is 15.5. The van der Waals surface area contributed by atoms with E-state index in [9.17, 15) is 19.2 Å². The first-order chi connectivity index (χ1) is 24.7. The lowest BCUT2D eigenvalue weighted by Crippen LogP contribution is -2.49. The van der Waals surface area contributed by atoms with Crippen molar-refractivity contribution in [3.8, 4) is 11.5 Å². The number of anilines is 2. The summed E-state index contributed by atoms with van der Waals surface area (Å²) in [5.41, 5.74) is 3.24. The highest BCUT2D eigenvalue weighted by Gasteiger charge is 2.27. The van der Waals surface area contributed by atoms with Crippen molar-refractivity contribution in [3.63, 3.8) is 0 Å². The molecule has 0 aliphatic carbocycles. The van der Waals surface area contributed by atoms with Gasteiger partial charge in [-0.25, -0.2) is 9.78 Å². The Balaban J connectivity index is 0.935. The van der Waals surface area contributed by atoms with Crippen molar-refractivity contribution in [2.75, 3.05) is 70.4 Å². The van der Waals surface area contributed by atoms with Crippen LogP contribution in [0.4, 0.5) is 16.2 Å². The Bertz CT molecular complexity index is 1920. The summed E-state index contributed by atoms with van der Waals surface area (Å²) >= 11 is 0. The van der Waals surface area contributed by atoms with Gasteiger partial charge in [-0.3, -0.25) is 29.3 Å². The van der Waals surface area contributed by atoms with Crippen molar-refractivity contribution in [2.24, 2.45) is 0 Å². The Kier molecular flexibility index (Phi) is 11.1. The van der Waals surface area contributed by atoms with Gasteiger partial charge >= 0.3 is 6.03 Å². The van der Waals surface area contributed by atoms with E-state index in [1.54, 1.807) is 37.4 Å². The molecule has 2 aliphatic rings. The molecule has 2 aromatic carbocycles. The summed E-state index contributed by atoms with van der Waals surface area (Å²) in [5, 5.41) is 13.8. The number of carbonyl (C=O) groups excluding carboxylic acids is 4. The highest BCUT2D eigenvalue weighted by molar-refractivity contribution is 6.07. The minimum Gasteiger partial charge on any atom is -0.495 e. The van der Waals surface area contributed by atoms with Crippen molar-refractivity contribution < 1.29 is 33.4 Å². The fourth-order valence-corrected chi connectivity index (χ4v) is 6.26. The number of benzene rings is 2. The number of methoxy groups -OCH3 is 2. The first-order valence-corrected chi connectivity index (χ1v) is 16.9. The monoisotopic (exact) mass is 698 g/mol. The molecule has 0 saturated carbocycles. The van der Waals surface area contributed by atoms with Gasteiger partial charge in [0.2, 0.25) is 5.91 Å². The second-order valence-corrected chi connectivity index (χ2v) is 12.4. The average Bonchev–Trinajstić information content (AvgIpc) is 3.55. The molecule has 2 saturated heterocycles. The van der Waals surface area contributed by atoms with Crippen LogP contribution in [0.25, 0.3) is 10.9 Å². The van der Waals surface area contributed by atoms with E-state index in [4.69, 9.17) is 19.3 Å². The minimum absolute atomic E-state index is 0.163. The van der Waals surface area contributed by atoms with E-state index in [1.165, 1.54) is 12.0 Å². The van der Waals surface area contributed by atoms with Gasteiger partial charge in [0.15, 0.2) is 0 Å². The minimum atomic E-state index is -0.551. The summed E-state index contributed by atoms with van der Waals surface area (Å²) in [6.45, 7) is 5.84. The molecule has 5 amide bonds. The Morgan fingerprint density at radius 3 is 2.51 bits per heavy atom. The predicted molar refractivity (Wildman–Crippen MR) is 190 cm³/mol. The first kappa shape index (κ1) is 35.3. The van der Waals surface area contributed by atoms with Crippen LogP contribution in [-0.4, -0.2) is 104 Å². The molecule has 3 N–H and O–H groups in total. The number of aryl methyl sites for hydroxylation is 1. The van der Waals surface area contributed by atoms with Gasteiger partial charge in [0, 0.05) is 68.1 Å². The summed E-state index contributed by atoms with van der Waals surface area (Å²) in [7, 11) is 3.05. The Morgan fingerprint density at radius 1 is 0.961 bits per heavy atom. The molecule has 4 aromatic rings. The number of hydrogen-bond acceptors (Lipinski definition) is 10. The van der Waals surface area contributed by atoms with E-state index in [0.717, 1.165) is 49.1 Å². The summed E-state index contributed by atoms with van der Waals surface area (Å²) < 4.78 is 18.8. The molecule has 0 bridgehead atoms. The average molecular weight is 699 g/mol.